The van der Waals surface area contributed by atoms with Crippen LogP contribution in [0.2, 0.25) is 0 Å². The van der Waals surface area contributed by atoms with Crippen molar-refractivity contribution in [2.75, 3.05) is 25.0 Å². The molecule has 4 rings (SSSR count). The molecule has 2 aromatic carbocycles. The van der Waals surface area contributed by atoms with Crippen LogP contribution >= 0.6 is 0 Å². The molecule has 38 heavy (non-hydrogen) atoms. The molecule has 1 saturated carbocycles. The largest absolute Gasteiger partial charge is 0.450 e. The number of anilines is 1. The molecule has 3 amide bonds. The van der Waals surface area contributed by atoms with Crippen molar-refractivity contribution in [2.24, 2.45) is 5.92 Å². The number of hydrogen-bond donors (Lipinski definition) is 2. The molecule has 1 aliphatic carbocycles. The van der Waals surface area contributed by atoms with Crippen LogP contribution in [0.5, 0.6) is 0 Å². The van der Waals surface area contributed by atoms with Gasteiger partial charge in [-0.1, -0.05) is 12.1 Å². The molecule has 0 aromatic heterocycles. The van der Waals surface area contributed by atoms with Gasteiger partial charge in [0, 0.05) is 30.8 Å². The van der Waals surface area contributed by atoms with E-state index in [1.165, 1.54) is 6.08 Å². The average molecular weight is 530 g/mol. The number of halogens is 3. The fourth-order valence-electron chi connectivity index (χ4n) is 4.79. The number of carbonyl (C=O) groups excluding carboxylic acids is 3. The second-order valence-electron chi connectivity index (χ2n) is 9.58. The Morgan fingerprint density at radius 2 is 1.68 bits per heavy atom. The fourth-order valence-corrected chi connectivity index (χ4v) is 4.79. The van der Waals surface area contributed by atoms with Crippen molar-refractivity contribution in [3.8, 4) is 0 Å². The summed E-state index contributed by atoms with van der Waals surface area (Å²) in [5, 5.41) is 5.90. The number of carbonyl (C=O) groups is 3. The molecule has 1 heterocycles. The first-order valence-corrected chi connectivity index (χ1v) is 12.7. The Bertz CT molecular complexity index is 1200. The predicted molar refractivity (Wildman–Crippen MR) is 135 cm³/mol. The number of ether oxygens (including phenoxy) is 1. The number of rotatable bonds is 7. The first kappa shape index (κ1) is 27.2. The number of nitrogens with zero attached hydrogens (tertiary/aromatic N) is 1. The zero-order chi connectivity index (χ0) is 27.3. The molecule has 10 heteroatoms. The van der Waals surface area contributed by atoms with Crippen LogP contribution in [0.1, 0.15) is 50.2 Å². The fraction of sp³-hybridized carbons (Fsp3) is 0.393. The molecule has 0 bridgehead atoms. The average Bonchev–Trinajstić information content (AvgIpc) is 2.88. The van der Waals surface area contributed by atoms with Crippen LogP contribution in [0.15, 0.2) is 42.5 Å². The molecule has 1 aliphatic heterocycles. The lowest BCUT2D eigenvalue weighted by Gasteiger charge is -2.44. The van der Waals surface area contributed by atoms with Gasteiger partial charge in [0.1, 0.15) is 0 Å². The first-order valence-electron chi connectivity index (χ1n) is 12.7. The third-order valence-corrected chi connectivity index (χ3v) is 7.10. The summed E-state index contributed by atoms with van der Waals surface area (Å²) in [7, 11) is 0. The van der Waals surface area contributed by atoms with Gasteiger partial charge in [-0.3, -0.25) is 9.59 Å². The monoisotopic (exact) mass is 529 g/mol. The number of benzene rings is 2. The zero-order valence-corrected chi connectivity index (χ0v) is 21.1. The van der Waals surface area contributed by atoms with Crippen LogP contribution in [0.25, 0.3) is 6.08 Å². The van der Waals surface area contributed by atoms with E-state index in [1.54, 1.807) is 24.0 Å². The Balaban J connectivity index is 1.33. The Hall–Kier alpha value is -3.82. The van der Waals surface area contributed by atoms with Crippen LogP contribution in [0.3, 0.4) is 0 Å². The van der Waals surface area contributed by atoms with E-state index in [4.69, 9.17) is 4.74 Å². The third kappa shape index (κ3) is 6.17. The Morgan fingerprint density at radius 1 is 1.05 bits per heavy atom. The lowest BCUT2D eigenvalue weighted by atomic mass is 9.71. The number of hydrogen-bond acceptors (Lipinski definition) is 4. The molecule has 2 aliphatic rings. The maximum atomic E-state index is 13.3. The van der Waals surface area contributed by atoms with Gasteiger partial charge in [0.2, 0.25) is 11.8 Å². The molecule has 0 unspecified atom stereocenters. The Labute approximate surface area is 219 Å². The molecule has 0 spiro atoms. The van der Waals surface area contributed by atoms with Crippen LogP contribution in [-0.2, 0) is 19.9 Å². The Morgan fingerprint density at radius 3 is 2.24 bits per heavy atom. The van der Waals surface area contributed by atoms with E-state index in [0.717, 1.165) is 43.0 Å². The molecule has 0 radical (unpaired) electrons. The highest BCUT2D eigenvalue weighted by Gasteiger charge is 2.41. The minimum absolute atomic E-state index is 0.0149. The van der Waals surface area contributed by atoms with Crippen molar-refractivity contribution in [1.82, 2.24) is 10.2 Å². The summed E-state index contributed by atoms with van der Waals surface area (Å²) in [5.74, 6) is -4.95. The number of nitrogens with one attached hydrogen (secondary N) is 2. The van der Waals surface area contributed by atoms with Crippen molar-refractivity contribution in [3.05, 3.63) is 71.1 Å². The van der Waals surface area contributed by atoms with Gasteiger partial charge >= 0.3 is 6.09 Å². The molecular formula is C28H30F3N3O4. The molecule has 2 N–H and O–H groups in total. The molecular weight excluding hydrogens is 499 g/mol. The highest BCUT2D eigenvalue weighted by atomic mass is 19.2. The maximum Gasteiger partial charge on any atom is 0.409 e. The van der Waals surface area contributed by atoms with E-state index in [0.29, 0.717) is 38.2 Å². The molecule has 1 saturated heterocycles. The lowest BCUT2D eigenvalue weighted by Crippen LogP contribution is -2.53. The highest BCUT2D eigenvalue weighted by molar-refractivity contribution is 6.01. The molecule has 202 valence electrons. The summed E-state index contributed by atoms with van der Waals surface area (Å²) in [6, 6.07) is 8.75. The van der Waals surface area contributed by atoms with Gasteiger partial charge in [0.25, 0.3) is 0 Å². The molecule has 2 aromatic rings. The number of likely N-dealkylation sites (tertiary alicyclic amines) is 1. The summed E-state index contributed by atoms with van der Waals surface area (Å²) >= 11 is 0. The van der Waals surface area contributed by atoms with Gasteiger partial charge in [0.05, 0.1) is 12.1 Å². The lowest BCUT2D eigenvalue weighted by molar-refractivity contribution is -0.129. The summed E-state index contributed by atoms with van der Waals surface area (Å²) in [4.78, 5) is 38.8. The van der Waals surface area contributed by atoms with E-state index in [9.17, 15) is 27.6 Å². The second kappa shape index (κ2) is 11.7. The molecule has 7 nitrogen and oxygen atoms in total. The highest BCUT2D eigenvalue weighted by Crippen LogP contribution is 2.42. The zero-order valence-electron chi connectivity index (χ0n) is 21.1. The van der Waals surface area contributed by atoms with E-state index >= 15 is 0 Å². The van der Waals surface area contributed by atoms with Crippen molar-refractivity contribution in [3.63, 3.8) is 0 Å². The summed E-state index contributed by atoms with van der Waals surface area (Å²) in [6.45, 7) is 3.05. The van der Waals surface area contributed by atoms with Gasteiger partial charge in [0.15, 0.2) is 17.5 Å². The normalized spacial score (nSPS) is 17.1. The summed E-state index contributed by atoms with van der Waals surface area (Å²) in [6.07, 6.45) is 5.69. The smallest absolute Gasteiger partial charge is 0.409 e. The standard InChI is InChI=1S/C28H30F3N3O4/c1-2-38-27(37)34-14-10-19(11-15-34)26(36)33-28(12-3-13-28)20-5-7-21(8-6-20)32-24(35)9-4-18-16-22(29)25(31)23(30)17-18/h4-9,16-17,19H,2-3,10-15H2,1H3,(H,32,35)(H,33,36)/b9-4+. The first-order chi connectivity index (χ1) is 18.2. The maximum absolute atomic E-state index is 13.3. The van der Waals surface area contributed by atoms with E-state index < -0.39 is 28.9 Å². The van der Waals surface area contributed by atoms with Crippen LogP contribution in [-0.4, -0.2) is 42.5 Å². The van der Waals surface area contributed by atoms with E-state index in [-0.39, 0.29) is 23.5 Å². The van der Waals surface area contributed by atoms with Crippen LogP contribution in [0.4, 0.5) is 23.7 Å². The van der Waals surface area contributed by atoms with E-state index in [2.05, 4.69) is 10.6 Å². The molecule has 2 fully saturated rings. The predicted octanol–water partition coefficient (Wildman–Crippen LogP) is 5.12. The number of amides is 3. The quantitative estimate of drug-likeness (QED) is 0.385. The SMILES string of the molecule is CCOC(=O)N1CCC(C(=O)NC2(c3ccc(NC(=O)/C=C/c4cc(F)c(F)c(F)c4)cc3)CCC2)CC1. The summed E-state index contributed by atoms with van der Waals surface area (Å²) < 4.78 is 44.8. The van der Waals surface area contributed by atoms with E-state index in [1.807, 2.05) is 12.1 Å². The minimum Gasteiger partial charge on any atom is -0.450 e. The van der Waals surface area contributed by atoms with Gasteiger partial charge in [-0.25, -0.2) is 18.0 Å². The van der Waals surface area contributed by atoms with Crippen LogP contribution < -0.4 is 10.6 Å². The van der Waals surface area contributed by atoms with Crippen molar-refractivity contribution in [2.45, 2.75) is 44.6 Å². The van der Waals surface area contributed by atoms with Gasteiger partial charge < -0.3 is 20.3 Å². The van der Waals surface area contributed by atoms with Crippen molar-refractivity contribution < 1.29 is 32.3 Å². The third-order valence-electron chi connectivity index (χ3n) is 7.10. The second-order valence-corrected chi connectivity index (χ2v) is 9.58. The minimum atomic E-state index is -1.56. The number of piperidine rings is 1. The Kier molecular flexibility index (Phi) is 8.38. The summed E-state index contributed by atoms with van der Waals surface area (Å²) in [5.41, 5.74) is 0.995. The topological polar surface area (TPSA) is 87.7 Å². The van der Waals surface area contributed by atoms with Gasteiger partial charge in [-0.05, 0) is 80.5 Å². The molecule has 0 atom stereocenters. The van der Waals surface area contributed by atoms with Gasteiger partial charge in [-0.2, -0.15) is 0 Å². The van der Waals surface area contributed by atoms with Crippen molar-refractivity contribution >= 4 is 29.7 Å². The van der Waals surface area contributed by atoms with Gasteiger partial charge in [-0.15, -0.1) is 0 Å². The van der Waals surface area contributed by atoms with Crippen molar-refractivity contribution in [1.29, 1.82) is 0 Å². The van der Waals surface area contributed by atoms with Crippen LogP contribution in [0, 0.1) is 23.4 Å².